The Hall–Kier alpha value is -1.79. The Balaban J connectivity index is 0.00000312. The Kier molecular flexibility index (Phi) is 8.19. The lowest BCUT2D eigenvalue weighted by Gasteiger charge is -2.33. The van der Waals surface area contributed by atoms with Crippen LogP contribution in [0.25, 0.3) is 0 Å². The van der Waals surface area contributed by atoms with Crippen LogP contribution in [0.3, 0.4) is 0 Å². The molecule has 0 radical (unpaired) electrons. The fraction of sp³-hybridized carbons (Fsp3) is 0.556. The van der Waals surface area contributed by atoms with Gasteiger partial charge >= 0.3 is 6.03 Å². The number of nitrogens with zero attached hydrogens (tertiary/aromatic N) is 1. The Labute approximate surface area is 155 Å². The summed E-state index contributed by atoms with van der Waals surface area (Å²) in [7, 11) is 0. The van der Waals surface area contributed by atoms with Crippen molar-refractivity contribution in [3.63, 3.8) is 0 Å². The number of piperidine rings is 1. The minimum absolute atomic E-state index is 0. The molecule has 25 heavy (non-hydrogen) atoms. The first-order valence-electron chi connectivity index (χ1n) is 8.59. The van der Waals surface area contributed by atoms with Gasteiger partial charge in [-0.05, 0) is 57.7 Å². The average Bonchev–Trinajstić information content (AvgIpc) is 2.53. The lowest BCUT2D eigenvalue weighted by molar-refractivity contribution is 0.0681. The predicted octanol–water partition coefficient (Wildman–Crippen LogP) is 2.84. The molecule has 0 saturated carbocycles. The van der Waals surface area contributed by atoms with Gasteiger partial charge in [0, 0.05) is 36.4 Å². The third kappa shape index (κ3) is 6.21. The molecule has 1 aliphatic heterocycles. The smallest absolute Gasteiger partial charge is 0.319 e. The SMILES string of the molecule is CC(C)NC(=O)Nc1cccc(C(=O)N2CCC(C(C)N)CC2)c1.Cl. The summed E-state index contributed by atoms with van der Waals surface area (Å²) in [6, 6.07) is 7.03. The van der Waals surface area contributed by atoms with Crippen LogP contribution >= 0.6 is 12.4 Å². The largest absolute Gasteiger partial charge is 0.339 e. The first kappa shape index (κ1) is 21.3. The van der Waals surface area contributed by atoms with E-state index in [2.05, 4.69) is 10.6 Å². The number of urea groups is 1. The molecule has 1 aliphatic rings. The van der Waals surface area contributed by atoms with Gasteiger partial charge in [-0.15, -0.1) is 12.4 Å². The molecule has 1 saturated heterocycles. The van der Waals surface area contributed by atoms with Crippen LogP contribution in [-0.2, 0) is 0 Å². The minimum atomic E-state index is -0.271. The van der Waals surface area contributed by atoms with Crippen molar-refractivity contribution in [1.29, 1.82) is 0 Å². The number of rotatable bonds is 4. The normalized spacial score (nSPS) is 16.1. The van der Waals surface area contributed by atoms with E-state index in [1.54, 1.807) is 24.3 Å². The molecule has 1 fully saturated rings. The van der Waals surface area contributed by atoms with E-state index >= 15 is 0 Å². The molecule has 1 atom stereocenters. The van der Waals surface area contributed by atoms with Gasteiger partial charge in [-0.25, -0.2) is 4.79 Å². The molecule has 0 bridgehead atoms. The molecule has 1 aromatic rings. The highest BCUT2D eigenvalue weighted by atomic mass is 35.5. The minimum Gasteiger partial charge on any atom is -0.339 e. The van der Waals surface area contributed by atoms with Crippen LogP contribution in [0.15, 0.2) is 24.3 Å². The summed E-state index contributed by atoms with van der Waals surface area (Å²) in [5.74, 6) is 0.493. The third-order valence-electron chi connectivity index (χ3n) is 4.36. The molecule has 4 N–H and O–H groups in total. The number of anilines is 1. The van der Waals surface area contributed by atoms with Crippen LogP contribution in [0.2, 0.25) is 0 Å². The van der Waals surface area contributed by atoms with Crippen molar-refractivity contribution >= 4 is 30.0 Å². The van der Waals surface area contributed by atoms with Crippen molar-refractivity contribution in [1.82, 2.24) is 10.2 Å². The highest BCUT2D eigenvalue weighted by Gasteiger charge is 2.25. The van der Waals surface area contributed by atoms with Gasteiger partial charge in [0.1, 0.15) is 0 Å². The standard InChI is InChI=1S/C18H28N4O2.ClH/c1-12(2)20-18(24)21-16-6-4-5-15(11-16)17(23)22-9-7-14(8-10-22)13(3)19;/h4-6,11-14H,7-10,19H2,1-3H3,(H2,20,21,24);1H. The van der Waals surface area contributed by atoms with Gasteiger partial charge in [-0.1, -0.05) is 6.07 Å². The van der Waals surface area contributed by atoms with Crippen molar-refractivity contribution in [2.45, 2.75) is 45.7 Å². The quantitative estimate of drug-likeness (QED) is 0.763. The Morgan fingerprint density at radius 1 is 1.20 bits per heavy atom. The first-order chi connectivity index (χ1) is 11.4. The van der Waals surface area contributed by atoms with Gasteiger partial charge in [0.25, 0.3) is 5.91 Å². The lowest BCUT2D eigenvalue weighted by Crippen LogP contribution is -2.42. The van der Waals surface area contributed by atoms with E-state index < -0.39 is 0 Å². The zero-order valence-corrected chi connectivity index (χ0v) is 15.9. The molecular formula is C18H29ClN4O2. The molecule has 0 aliphatic carbocycles. The fourth-order valence-electron chi connectivity index (χ4n) is 2.97. The van der Waals surface area contributed by atoms with Crippen LogP contribution in [0.5, 0.6) is 0 Å². The maximum Gasteiger partial charge on any atom is 0.319 e. The molecule has 2 rings (SSSR count). The highest BCUT2D eigenvalue weighted by molar-refractivity contribution is 5.97. The molecule has 7 heteroatoms. The number of hydrogen-bond acceptors (Lipinski definition) is 3. The van der Waals surface area contributed by atoms with Gasteiger partial charge in [-0.2, -0.15) is 0 Å². The summed E-state index contributed by atoms with van der Waals surface area (Å²) >= 11 is 0. The predicted molar refractivity (Wildman–Crippen MR) is 103 cm³/mol. The highest BCUT2D eigenvalue weighted by Crippen LogP contribution is 2.22. The lowest BCUT2D eigenvalue weighted by atomic mass is 9.90. The molecule has 6 nitrogen and oxygen atoms in total. The third-order valence-corrected chi connectivity index (χ3v) is 4.36. The summed E-state index contributed by atoms with van der Waals surface area (Å²) < 4.78 is 0. The van der Waals surface area contributed by atoms with Crippen LogP contribution < -0.4 is 16.4 Å². The number of carbonyl (C=O) groups is 2. The van der Waals surface area contributed by atoms with E-state index in [-0.39, 0.29) is 36.4 Å². The Bertz CT molecular complexity index is 584. The number of carbonyl (C=O) groups excluding carboxylic acids is 2. The molecule has 1 heterocycles. The van der Waals surface area contributed by atoms with Crippen LogP contribution in [0, 0.1) is 5.92 Å². The zero-order valence-electron chi connectivity index (χ0n) is 15.1. The van der Waals surface area contributed by atoms with Crippen molar-refractivity contribution in [2.75, 3.05) is 18.4 Å². The second-order valence-electron chi connectivity index (χ2n) is 6.82. The van der Waals surface area contributed by atoms with Crippen LogP contribution in [0.4, 0.5) is 10.5 Å². The zero-order chi connectivity index (χ0) is 17.7. The van der Waals surface area contributed by atoms with Crippen LogP contribution in [0.1, 0.15) is 44.0 Å². The van der Waals surface area contributed by atoms with Gasteiger partial charge in [0.15, 0.2) is 0 Å². The van der Waals surface area contributed by atoms with E-state index in [1.807, 2.05) is 25.7 Å². The topological polar surface area (TPSA) is 87.5 Å². The molecule has 1 unspecified atom stereocenters. The number of likely N-dealkylation sites (tertiary alicyclic amines) is 1. The first-order valence-corrected chi connectivity index (χ1v) is 8.59. The molecule has 0 spiro atoms. The van der Waals surface area contributed by atoms with Crippen LogP contribution in [-0.4, -0.2) is 42.0 Å². The number of amides is 3. The monoisotopic (exact) mass is 368 g/mol. The van der Waals surface area contributed by atoms with E-state index in [4.69, 9.17) is 5.73 Å². The summed E-state index contributed by atoms with van der Waals surface area (Å²) in [6.07, 6.45) is 1.89. The second-order valence-corrected chi connectivity index (χ2v) is 6.82. The summed E-state index contributed by atoms with van der Waals surface area (Å²) in [4.78, 5) is 26.3. The molecule has 3 amide bonds. The van der Waals surface area contributed by atoms with Gasteiger partial charge < -0.3 is 21.3 Å². The number of hydrogen-bond donors (Lipinski definition) is 3. The number of benzene rings is 1. The van der Waals surface area contributed by atoms with E-state index in [0.717, 1.165) is 25.9 Å². The van der Waals surface area contributed by atoms with E-state index in [0.29, 0.717) is 17.2 Å². The maximum atomic E-state index is 12.7. The maximum absolute atomic E-state index is 12.7. The number of halogens is 1. The molecule has 1 aromatic carbocycles. The number of nitrogens with two attached hydrogens (primary N) is 1. The van der Waals surface area contributed by atoms with Gasteiger partial charge in [0.2, 0.25) is 0 Å². The summed E-state index contributed by atoms with van der Waals surface area (Å²) in [5, 5.41) is 5.52. The summed E-state index contributed by atoms with van der Waals surface area (Å²) in [5.41, 5.74) is 7.16. The molecule has 0 aromatic heterocycles. The Morgan fingerprint density at radius 3 is 2.40 bits per heavy atom. The van der Waals surface area contributed by atoms with Crippen molar-refractivity contribution in [3.8, 4) is 0 Å². The van der Waals surface area contributed by atoms with Crippen molar-refractivity contribution < 1.29 is 9.59 Å². The number of nitrogens with one attached hydrogen (secondary N) is 2. The Morgan fingerprint density at radius 2 is 1.84 bits per heavy atom. The van der Waals surface area contributed by atoms with Crippen molar-refractivity contribution in [2.24, 2.45) is 11.7 Å². The van der Waals surface area contributed by atoms with E-state index in [9.17, 15) is 9.59 Å². The summed E-state index contributed by atoms with van der Waals surface area (Å²) in [6.45, 7) is 7.28. The van der Waals surface area contributed by atoms with Crippen molar-refractivity contribution in [3.05, 3.63) is 29.8 Å². The fourth-order valence-corrected chi connectivity index (χ4v) is 2.97. The average molecular weight is 369 g/mol. The molecular weight excluding hydrogens is 340 g/mol. The molecule has 140 valence electrons. The van der Waals surface area contributed by atoms with Gasteiger partial charge in [0.05, 0.1) is 0 Å². The van der Waals surface area contributed by atoms with E-state index in [1.165, 1.54) is 0 Å². The van der Waals surface area contributed by atoms with Gasteiger partial charge in [-0.3, -0.25) is 4.79 Å². The second kappa shape index (κ2) is 9.63.